The minimum atomic E-state index is -0.296. The summed E-state index contributed by atoms with van der Waals surface area (Å²) in [6.45, 7) is 0.272. The van der Waals surface area contributed by atoms with E-state index in [1.54, 1.807) is 19.2 Å². The molecule has 0 aliphatic carbocycles. The van der Waals surface area contributed by atoms with Crippen LogP contribution in [0.4, 0.5) is 4.39 Å². The van der Waals surface area contributed by atoms with Crippen molar-refractivity contribution in [1.29, 1.82) is 0 Å². The summed E-state index contributed by atoms with van der Waals surface area (Å²) in [6.07, 6.45) is 0. The fraction of sp³-hybridized carbons (Fsp3) is 0.200. The molecule has 0 N–H and O–H groups in total. The predicted octanol–water partition coefficient (Wildman–Crippen LogP) is 2.02. The molecule has 15 heavy (non-hydrogen) atoms. The minimum absolute atomic E-state index is 0.272. The summed E-state index contributed by atoms with van der Waals surface area (Å²) in [5, 5.41) is 7.58. The molecule has 0 radical (unpaired) electrons. The molecule has 0 fully saturated rings. The molecule has 0 aliphatic heterocycles. The summed E-state index contributed by atoms with van der Waals surface area (Å²) in [4.78, 5) is 0. The molecule has 0 aliphatic rings. The number of rotatable bonds is 3. The van der Waals surface area contributed by atoms with Crippen molar-refractivity contribution in [2.24, 2.45) is 0 Å². The van der Waals surface area contributed by atoms with Crippen LogP contribution in [-0.2, 0) is 11.3 Å². The average molecular weight is 208 g/mol. The number of benzene rings is 1. The van der Waals surface area contributed by atoms with Crippen molar-refractivity contribution in [2.45, 2.75) is 6.61 Å². The van der Waals surface area contributed by atoms with E-state index in [2.05, 4.69) is 10.2 Å². The Hall–Kier alpha value is -1.75. The number of ether oxygens (including phenoxy) is 1. The van der Waals surface area contributed by atoms with Crippen LogP contribution in [0.25, 0.3) is 11.5 Å². The van der Waals surface area contributed by atoms with Crippen LogP contribution in [0.1, 0.15) is 5.89 Å². The summed E-state index contributed by atoms with van der Waals surface area (Å²) in [7, 11) is 1.54. The first-order chi connectivity index (χ1) is 7.29. The van der Waals surface area contributed by atoms with Gasteiger partial charge in [-0.1, -0.05) is 0 Å². The van der Waals surface area contributed by atoms with Crippen molar-refractivity contribution in [3.05, 3.63) is 36.0 Å². The third-order valence-electron chi connectivity index (χ3n) is 1.83. The molecule has 5 heteroatoms. The summed E-state index contributed by atoms with van der Waals surface area (Å²) in [5.41, 5.74) is 0.686. The molecule has 1 heterocycles. The largest absolute Gasteiger partial charge is 0.418 e. The molecule has 1 aromatic heterocycles. The number of halogens is 1. The fourth-order valence-corrected chi connectivity index (χ4v) is 1.14. The van der Waals surface area contributed by atoms with Gasteiger partial charge in [0.15, 0.2) is 0 Å². The van der Waals surface area contributed by atoms with E-state index in [1.807, 2.05) is 0 Å². The zero-order chi connectivity index (χ0) is 10.7. The normalized spacial score (nSPS) is 10.5. The van der Waals surface area contributed by atoms with Gasteiger partial charge in [-0.25, -0.2) is 4.39 Å². The Morgan fingerprint density at radius 3 is 2.67 bits per heavy atom. The van der Waals surface area contributed by atoms with Gasteiger partial charge in [0.2, 0.25) is 11.8 Å². The van der Waals surface area contributed by atoms with Crippen LogP contribution in [0.15, 0.2) is 28.7 Å². The SMILES string of the molecule is COCc1nnc(-c2ccc(F)cc2)o1. The smallest absolute Gasteiger partial charge is 0.247 e. The molecule has 0 saturated heterocycles. The zero-order valence-electron chi connectivity index (χ0n) is 8.11. The van der Waals surface area contributed by atoms with E-state index >= 15 is 0 Å². The lowest BCUT2D eigenvalue weighted by Crippen LogP contribution is -1.85. The van der Waals surface area contributed by atoms with E-state index in [9.17, 15) is 4.39 Å². The van der Waals surface area contributed by atoms with Crippen molar-refractivity contribution in [3.8, 4) is 11.5 Å². The molecule has 0 bridgehead atoms. The van der Waals surface area contributed by atoms with E-state index in [0.717, 1.165) is 0 Å². The van der Waals surface area contributed by atoms with E-state index in [4.69, 9.17) is 9.15 Å². The van der Waals surface area contributed by atoms with Gasteiger partial charge in [-0.2, -0.15) is 0 Å². The average Bonchev–Trinajstić information content (AvgIpc) is 2.68. The van der Waals surface area contributed by atoms with Gasteiger partial charge in [0, 0.05) is 12.7 Å². The number of hydrogen-bond donors (Lipinski definition) is 0. The second-order valence-electron chi connectivity index (χ2n) is 2.94. The topological polar surface area (TPSA) is 48.2 Å². The van der Waals surface area contributed by atoms with Gasteiger partial charge < -0.3 is 9.15 Å². The highest BCUT2D eigenvalue weighted by molar-refractivity contribution is 5.51. The molecule has 0 atom stereocenters. The number of methoxy groups -OCH3 is 1. The Labute approximate surface area is 85.7 Å². The van der Waals surface area contributed by atoms with Crippen LogP contribution in [0.3, 0.4) is 0 Å². The van der Waals surface area contributed by atoms with Gasteiger partial charge in [0.1, 0.15) is 12.4 Å². The van der Waals surface area contributed by atoms with Crippen molar-refractivity contribution < 1.29 is 13.5 Å². The monoisotopic (exact) mass is 208 g/mol. The first-order valence-corrected chi connectivity index (χ1v) is 4.37. The Morgan fingerprint density at radius 1 is 1.27 bits per heavy atom. The van der Waals surface area contributed by atoms with Gasteiger partial charge in [0.05, 0.1) is 0 Å². The Bertz CT molecular complexity index is 439. The van der Waals surface area contributed by atoms with Gasteiger partial charge in [-0.05, 0) is 24.3 Å². The van der Waals surface area contributed by atoms with E-state index < -0.39 is 0 Å². The lowest BCUT2D eigenvalue weighted by molar-refractivity contribution is 0.160. The van der Waals surface area contributed by atoms with Crippen LogP contribution in [0.2, 0.25) is 0 Å². The molecular formula is C10H9FN2O2. The summed E-state index contributed by atoms with van der Waals surface area (Å²) in [6, 6.07) is 5.85. The quantitative estimate of drug-likeness (QED) is 0.774. The predicted molar refractivity (Wildman–Crippen MR) is 50.4 cm³/mol. The summed E-state index contributed by atoms with van der Waals surface area (Å²) >= 11 is 0. The Kier molecular flexibility index (Phi) is 2.73. The maximum absolute atomic E-state index is 12.6. The van der Waals surface area contributed by atoms with E-state index in [1.165, 1.54) is 12.1 Å². The van der Waals surface area contributed by atoms with Crippen LogP contribution in [0.5, 0.6) is 0 Å². The third kappa shape index (κ3) is 2.19. The first-order valence-electron chi connectivity index (χ1n) is 4.37. The maximum atomic E-state index is 12.6. The first kappa shape index (κ1) is 9.79. The van der Waals surface area contributed by atoms with E-state index in [-0.39, 0.29) is 12.4 Å². The second-order valence-corrected chi connectivity index (χ2v) is 2.94. The Morgan fingerprint density at radius 2 is 2.00 bits per heavy atom. The molecule has 0 unspecified atom stereocenters. The van der Waals surface area contributed by atoms with Gasteiger partial charge in [-0.15, -0.1) is 10.2 Å². The minimum Gasteiger partial charge on any atom is -0.418 e. The number of aromatic nitrogens is 2. The molecule has 4 nitrogen and oxygen atoms in total. The number of nitrogens with zero attached hydrogens (tertiary/aromatic N) is 2. The molecule has 78 valence electrons. The molecule has 0 spiro atoms. The zero-order valence-corrected chi connectivity index (χ0v) is 8.11. The standard InChI is InChI=1S/C10H9FN2O2/c1-14-6-9-12-13-10(15-9)7-2-4-8(11)5-3-7/h2-5H,6H2,1H3. The molecular weight excluding hydrogens is 199 g/mol. The van der Waals surface area contributed by atoms with Gasteiger partial charge in [-0.3, -0.25) is 0 Å². The Balaban J connectivity index is 2.25. The van der Waals surface area contributed by atoms with Crippen molar-refractivity contribution in [2.75, 3.05) is 7.11 Å². The van der Waals surface area contributed by atoms with E-state index in [0.29, 0.717) is 17.3 Å². The fourth-order valence-electron chi connectivity index (χ4n) is 1.14. The van der Waals surface area contributed by atoms with Crippen LogP contribution < -0.4 is 0 Å². The van der Waals surface area contributed by atoms with Crippen molar-refractivity contribution >= 4 is 0 Å². The lowest BCUT2D eigenvalue weighted by atomic mass is 10.2. The highest BCUT2D eigenvalue weighted by atomic mass is 19.1. The second kappa shape index (κ2) is 4.18. The summed E-state index contributed by atoms with van der Waals surface area (Å²) in [5.74, 6) is 0.467. The van der Waals surface area contributed by atoms with Gasteiger partial charge >= 0.3 is 0 Å². The molecule has 2 rings (SSSR count). The molecule has 1 aromatic carbocycles. The number of hydrogen-bond acceptors (Lipinski definition) is 4. The third-order valence-corrected chi connectivity index (χ3v) is 1.83. The molecule has 2 aromatic rings. The maximum Gasteiger partial charge on any atom is 0.247 e. The molecule has 0 saturated carbocycles. The summed E-state index contributed by atoms with van der Waals surface area (Å²) < 4.78 is 22.8. The van der Waals surface area contributed by atoms with Crippen LogP contribution >= 0.6 is 0 Å². The van der Waals surface area contributed by atoms with Crippen molar-refractivity contribution in [1.82, 2.24) is 10.2 Å². The van der Waals surface area contributed by atoms with Crippen LogP contribution in [-0.4, -0.2) is 17.3 Å². The lowest BCUT2D eigenvalue weighted by Gasteiger charge is -1.93. The highest BCUT2D eigenvalue weighted by Gasteiger charge is 2.07. The van der Waals surface area contributed by atoms with Crippen LogP contribution in [0, 0.1) is 5.82 Å². The highest BCUT2D eigenvalue weighted by Crippen LogP contribution is 2.17. The van der Waals surface area contributed by atoms with Crippen molar-refractivity contribution in [3.63, 3.8) is 0 Å². The van der Waals surface area contributed by atoms with Gasteiger partial charge in [0.25, 0.3) is 0 Å². The molecule has 0 amide bonds.